The van der Waals surface area contributed by atoms with Crippen LogP contribution in [0.25, 0.3) is 15.3 Å². The molecule has 2 aromatic carbocycles. The summed E-state index contributed by atoms with van der Waals surface area (Å²) in [4.78, 5) is 18.0. The Balaban J connectivity index is 1.75. The molecule has 5 nitrogen and oxygen atoms in total. The molecule has 0 saturated heterocycles. The molecule has 0 saturated carbocycles. The van der Waals surface area contributed by atoms with Crippen LogP contribution in [-0.4, -0.2) is 20.5 Å². The Morgan fingerprint density at radius 1 is 1.17 bits per heavy atom. The molecule has 0 amide bonds. The highest BCUT2D eigenvalue weighted by Crippen LogP contribution is 2.47. The van der Waals surface area contributed by atoms with E-state index >= 15 is 0 Å². The normalized spacial score (nSPS) is 17.6. The molecule has 30 heavy (non-hydrogen) atoms. The SMILES string of the molecule is CC1(C)CC(=O)c2c(Cc3ccccc3)nn(-c3nc4ccccc4s3)c2C1C#N. The van der Waals surface area contributed by atoms with E-state index in [1.165, 1.54) is 11.3 Å². The average molecular weight is 413 g/mol. The van der Waals surface area contributed by atoms with Crippen LogP contribution in [0.1, 0.15) is 53.5 Å². The number of nitriles is 1. The molecule has 0 radical (unpaired) electrons. The molecular formula is C24H20N4OS. The van der Waals surface area contributed by atoms with Crippen LogP contribution in [-0.2, 0) is 6.42 Å². The summed E-state index contributed by atoms with van der Waals surface area (Å²) in [5.74, 6) is -0.381. The lowest BCUT2D eigenvalue weighted by Crippen LogP contribution is -2.32. The van der Waals surface area contributed by atoms with E-state index in [1.54, 1.807) is 4.68 Å². The minimum absolute atomic E-state index is 0.0554. The average Bonchev–Trinajstić information content (AvgIpc) is 3.30. The number of hydrogen-bond donors (Lipinski definition) is 0. The molecule has 0 spiro atoms. The summed E-state index contributed by atoms with van der Waals surface area (Å²) in [5, 5.41) is 15.6. The smallest absolute Gasteiger partial charge is 0.211 e. The Kier molecular flexibility index (Phi) is 4.30. The third kappa shape index (κ3) is 2.94. The van der Waals surface area contributed by atoms with Crippen molar-refractivity contribution in [3.8, 4) is 11.2 Å². The summed E-state index contributed by atoms with van der Waals surface area (Å²) < 4.78 is 2.81. The first-order valence-electron chi connectivity index (χ1n) is 9.92. The fourth-order valence-electron chi connectivity index (χ4n) is 4.27. The van der Waals surface area contributed by atoms with Crippen LogP contribution in [0.5, 0.6) is 0 Å². The zero-order valence-corrected chi connectivity index (χ0v) is 17.6. The summed E-state index contributed by atoms with van der Waals surface area (Å²) in [6.07, 6.45) is 0.886. The molecule has 5 rings (SSSR count). The van der Waals surface area contributed by atoms with Gasteiger partial charge in [0.1, 0.15) is 0 Å². The van der Waals surface area contributed by atoms with Gasteiger partial charge in [0.15, 0.2) is 5.78 Å². The first-order chi connectivity index (χ1) is 14.5. The molecule has 2 aromatic heterocycles. The first kappa shape index (κ1) is 18.7. The number of Topliss-reactive ketones (excluding diaryl/α,β-unsaturated/α-hetero) is 1. The monoisotopic (exact) mass is 412 g/mol. The number of thiazole rings is 1. The van der Waals surface area contributed by atoms with E-state index < -0.39 is 11.3 Å². The Morgan fingerprint density at radius 2 is 1.90 bits per heavy atom. The van der Waals surface area contributed by atoms with Gasteiger partial charge in [-0.15, -0.1) is 0 Å². The van der Waals surface area contributed by atoms with E-state index in [0.29, 0.717) is 29.2 Å². The minimum atomic E-state index is -0.461. The van der Waals surface area contributed by atoms with Gasteiger partial charge in [0.25, 0.3) is 0 Å². The maximum absolute atomic E-state index is 13.2. The molecule has 0 N–H and O–H groups in total. The van der Waals surface area contributed by atoms with Crippen molar-refractivity contribution in [1.82, 2.24) is 14.8 Å². The number of benzene rings is 2. The quantitative estimate of drug-likeness (QED) is 0.458. The number of para-hydroxylation sites is 1. The van der Waals surface area contributed by atoms with Crippen LogP contribution in [0.15, 0.2) is 54.6 Å². The van der Waals surface area contributed by atoms with Gasteiger partial charge in [0, 0.05) is 12.8 Å². The number of nitrogens with zero attached hydrogens (tertiary/aromatic N) is 4. The van der Waals surface area contributed by atoms with Gasteiger partial charge in [-0.25, -0.2) is 9.67 Å². The molecule has 1 unspecified atom stereocenters. The van der Waals surface area contributed by atoms with Crippen LogP contribution in [0.3, 0.4) is 0 Å². The van der Waals surface area contributed by atoms with E-state index in [-0.39, 0.29) is 5.78 Å². The number of carbonyl (C=O) groups excluding carboxylic acids is 1. The molecule has 148 valence electrons. The second kappa shape index (κ2) is 6.89. The van der Waals surface area contributed by atoms with Crippen molar-refractivity contribution in [1.29, 1.82) is 5.26 Å². The second-order valence-corrected chi connectivity index (χ2v) is 9.41. The summed E-state index contributed by atoms with van der Waals surface area (Å²) >= 11 is 1.53. The molecule has 1 atom stereocenters. The van der Waals surface area contributed by atoms with Crippen LogP contribution in [0.2, 0.25) is 0 Å². The Hall–Kier alpha value is -3.30. The number of fused-ring (bicyclic) bond motifs is 2. The van der Waals surface area contributed by atoms with E-state index in [2.05, 4.69) is 6.07 Å². The van der Waals surface area contributed by atoms with Gasteiger partial charge in [0.05, 0.1) is 39.2 Å². The minimum Gasteiger partial charge on any atom is -0.294 e. The molecule has 0 fully saturated rings. The molecule has 0 bridgehead atoms. The van der Waals surface area contributed by atoms with Gasteiger partial charge in [-0.3, -0.25) is 4.79 Å². The summed E-state index contributed by atoms with van der Waals surface area (Å²) in [5.41, 5.74) is 3.52. The third-order valence-corrected chi connectivity index (χ3v) is 6.76. The summed E-state index contributed by atoms with van der Waals surface area (Å²) in [6.45, 7) is 3.96. The fourth-order valence-corrected chi connectivity index (χ4v) is 5.20. The lowest BCUT2D eigenvalue weighted by atomic mass is 9.68. The topological polar surface area (TPSA) is 71.6 Å². The van der Waals surface area contributed by atoms with Gasteiger partial charge in [-0.1, -0.05) is 67.6 Å². The van der Waals surface area contributed by atoms with Gasteiger partial charge in [-0.2, -0.15) is 10.4 Å². The largest absolute Gasteiger partial charge is 0.294 e. The van der Waals surface area contributed by atoms with Gasteiger partial charge >= 0.3 is 0 Å². The van der Waals surface area contributed by atoms with Crippen molar-refractivity contribution in [3.63, 3.8) is 0 Å². The Morgan fingerprint density at radius 3 is 2.63 bits per heavy atom. The van der Waals surface area contributed by atoms with Crippen LogP contribution in [0.4, 0.5) is 0 Å². The molecule has 2 heterocycles. The zero-order chi connectivity index (χ0) is 20.9. The lowest BCUT2D eigenvalue weighted by Gasteiger charge is -2.33. The maximum Gasteiger partial charge on any atom is 0.211 e. The molecular weight excluding hydrogens is 392 g/mol. The Bertz CT molecular complexity index is 1280. The van der Waals surface area contributed by atoms with Gasteiger partial charge in [0.2, 0.25) is 5.13 Å². The number of rotatable bonds is 3. The standard InChI is InChI=1S/C24H20N4OS/c1-24(2)13-19(29)21-18(12-15-8-4-3-5-9-15)27-28(22(21)16(24)14-25)23-26-17-10-6-7-11-20(17)30-23/h3-11,16H,12-13H2,1-2H3. The predicted octanol–water partition coefficient (Wildman–Crippen LogP) is 5.29. The molecule has 1 aliphatic carbocycles. The molecule has 6 heteroatoms. The molecule has 4 aromatic rings. The highest BCUT2D eigenvalue weighted by Gasteiger charge is 2.45. The summed E-state index contributed by atoms with van der Waals surface area (Å²) in [6, 6.07) is 20.4. The van der Waals surface area contributed by atoms with E-state index in [9.17, 15) is 10.1 Å². The third-order valence-electron chi connectivity index (χ3n) is 5.75. The highest BCUT2D eigenvalue weighted by molar-refractivity contribution is 7.20. The van der Waals surface area contributed by atoms with Crippen molar-refractivity contribution in [2.24, 2.45) is 5.41 Å². The van der Waals surface area contributed by atoms with Crippen molar-refractivity contribution in [2.45, 2.75) is 32.6 Å². The first-order valence-corrected chi connectivity index (χ1v) is 10.7. The highest BCUT2D eigenvalue weighted by atomic mass is 32.1. The Labute approximate surface area is 178 Å². The number of carbonyl (C=O) groups is 1. The van der Waals surface area contributed by atoms with Crippen LogP contribution >= 0.6 is 11.3 Å². The van der Waals surface area contributed by atoms with Crippen molar-refractivity contribution in [2.75, 3.05) is 0 Å². The van der Waals surface area contributed by atoms with Crippen molar-refractivity contribution in [3.05, 3.63) is 77.1 Å². The zero-order valence-electron chi connectivity index (χ0n) is 16.8. The lowest BCUT2D eigenvalue weighted by molar-refractivity contribution is 0.0898. The van der Waals surface area contributed by atoms with Crippen LogP contribution < -0.4 is 0 Å². The van der Waals surface area contributed by atoms with E-state index in [4.69, 9.17) is 10.1 Å². The number of ketones is 1. The molecule has 0 aliphatic heterocycles. The van der Waals surface area contributed by atoms with Crippen molar-refractivity contribution < 1.29 is 4.79 Å². The predicted molar refractivity (Wildman–Crippen MR) is 117 cm³/mol. The molecule has 1 aliphatic rings. The number of aromatic nitrogens is 3. The van der Waals surface area contributed by atoms with Crippen molar-refractivity contribution >= 4 is 27.3 Å². The van der Waals surface area contributed by atoms with E-state index in [1.807, 2.05) is 68.4 Å². The van der Waals surface area contributed by atoms with Gasteiger partial charge in [-0.05, 0) is 23.1 Å². The maximum atomic E-state index is 13.2. The second-order valence-electron chi connectivity index (χ2n) is 8.40. The fraction of sp³-hybridized carbons (Fsp3) is 0.250. The van der Waals surface area contributed by atoms with Gasteiger partial charge < -0.3 is 0 Å². The van der Waals surface area contributed by atoms with Crippen LogP contribution in [0, 0.1) is 16.7 Å². The summed E-state index contributed by atoms with van der Waals surface area (Å²) in [7, 11) is 0. The number of hydrogen-bond acceptors (Lipinski definition) is 5. The van der Waals surface area contributed by atoms with E-state index in [0.717, 1.165) is 21.5 Å².